The fraction of sp³-hybridized carbons (Fsp3) is 0. The number of hydrogen-bond acceptors (Lipinski definition) is 5. The minimum atomic E-state index is 0.746. The van der Waals surface area contributed by atoms with Crippen molar-refractivity contribution < 1.29 is 0 Å². The van der Waals surface area contributed by atoms with Crippen LogP contribution in [0.5, 0.6) is 0 Å². The molecule has 3 N–H and O–H groups in total. The second-order valence-electron chi connectivity index (χ2n) is 6.67. The van der Waals surface area contributed by atoms with Crippen molar-refractivity contribution in [2.45, 2.75) is 0 Å². The van der Waals surface area contributed by atoms with E-state index in [4.69, 9.17) is 4.98 Å². The molecule has 6 aromatic rings. The first-order valence-corrected chi connectivity index (χ1v) is 9.10. The molecule has 0 bridgehead atoms. The number of fused-ring (bicyclic) bond motifs is 2. The van der Waals surface area contributed by atoms with E-state index in [9.17, 15) is 0 Å². The van der Waals surface area contributed by atoms with Crippen LogP contribution < -0.4 is 0 Å². The fourth-order valence-corrected chi connectivity index (χ4v) is 3.54. The molecule has 6 heterocycles. The molecule has 0 atom stereocenters. The molecule has 6 aromatic heterocycles. The smallest absolute Gasteiger partial charge is 0.138 e. The van der Waals surface area contributed by atoms with Crippen LogP contribution in [0.3, 0.4) is 0 Å². The van der Waals surface area contributed by atoms with Gasteiger partial charge in [-0.2, -0.15) is 10.2 Å². The summed E-state index contributed by atoms with van der Waals surface area (Å²) in [4.78, 5) is 17.1. The molecule has 0 amide bonds. The molecule has 0 aliphatic carbocycles. The van der Waals surface area contributed by atoms with E-state index in [1.165, 1.54) is 0 Å². The van der Waals surface area contributed by atoms with Crippen LogP contribution in [0.4, 0.5) is 0 Å². The molecule has 0 aliphatic heterocycles. The van der Waals surface area contributed by atoms with E-state index in [1.54, 1.807) is 18.6 Å². The van der Waals surface area contributed by atoms with Crippen LogP contribution in [0.1, 0.15) is 0 Å². The Morgan fingerprint density at radius 1 is 0.897 bits per heavy atom. The average molecular weight is 378 g/mol. The Morgan fingerprint density at radius 3 is 2.76 bits per heavy atom. The van der Waals surface area contributed by atoms with Crippen molar-refractivity contribution in [1.82, 2.24) is 40.3 Å². The van der Waals surface area contributed by atoms with Gasteiger partial charge in [-0.3, -0.25) is 15.2 Å². The summed E-state index contributed by atoms with van der Waals surface area (Å²) in [5.41, 5.74) is 7.70. The van der Waals surface area contributed by atoms with Gasteiger partial charge in [0.05, 0.1) is 28.8 Å². The molecule has 0 saturated heterocycles. The van der Waals surface area contributed by atoms with Crippen molar-refractivity contribution in [2.75, 3.05) is 0 Å². The highest BCUT2D eigenvalue weighted by molar-refractivity contribution is 5.98. The minimum absolute atomic E-state index is 0.746. The van der Waals surface area contributed by atoms with Crippen LogP contribution in [0, 0.1) is 0 Å². The molecule has 0 aliphatic rings. The number of hydrogen-bond donors (Lipinski definition) is 3. The van der Waals surface area contributed by atoms with Crippen LogP contribution in [0.25, 0.3) is 56.0 Å². The summed E-state index contributed by atoms with van der Waals surface area (Å²) < 4.78 is 0. The molecule has 0 saturated carbocycles. The molecule has 0 radical (unpaired) electrons. The number of H-pyrrole nitrogens is 3. The highest BCUT2D eigenvalue weighted by Crippen LogP contribution is 2.32. The standard InChI is InChI=1S/C21H14N8/c1-2-7-22-16(3-1)13-6-8-23-21-14(13)9-18(27-21)20-19-17(28-29-20)5-4-15(26-19)12-10-24-25-11-12/h1-11H,(H,23,27)(H,24,25)(H,28,29). The number of aromatic amines is 3. The summed E-state index contributed by atoms with van der Waals surface area (Å²) in [5.74, 6) is 0. The summed E-state index contributed by atoms with van der Waals surface area (Å²) in [5, 5.41) is 15.4. The van der Waals surface area contributed by atoms with E-state index >= 15 is 0 Å². The molecule has 8 heteroatoms. The molecule has 29 heavy (non-hydrogen) atoms. The van der Waals surface area contributed by atoms with Crippen molar-refractivity contribution >= 4 is 22.1 Å². The largest absolute Gasteiger partial charge is 0.338 e. The number of rotatable bonds is 3. The van der Waals surface area contributed by atoms with Gasteiger partial charge in [-0.15, -0.1) is 0 Å². The summed E-state index contributed by atoms with van der Waals surface area (Å²) >= 11 is 0. The van der Waals surface area contributed by atoms with Crippen molar-refractivity contribution in [2.24, 2.45) is 0 Å². The molecule has 0 fully saturated rings. The molecule has 6 rings (SSSR count). The van der Waals surface area contributed by atoms with Crippen molar-refractivity contribution in [1.29, 1.82) is 0 Å². The number of nitrogens with one attached hydrogen (secondary N) is 3. The predicted octanol–water partition coefficient (Wildman–Crippen LogP) is 3.95. The van der Waals surface area contributed by atoms with E-state index in [0.717, 1.165) is 56.0 Å². The first-order valence-electron chi connectivity index (χ1n) is 9.10. The van der Waals surface area contributed by atoms with Gasteiger partial charge < -0.3 is 4.98 Å². The number of pyridine rings is 3. The van der Waals surface area contributed by atoms with Gasteiger partial charge in [0.1, 0.15) is 16.9 Å². The lowest BCUT2D eigenvalue weighted by molar-refractivity contribution is 1.09. The molecular weight excluding hydrogens is 364 g/mol. The van der Waals surface area contributed by atoms with Gasteiger partial charge in [0.25, 0.3) is 0 Å². The third kappa shape index (κ3) is 2.50. The van der Waals surface area contributed by atoms with Crippen molar-refractivity contribution in [3.63, 3.8) is 0 Å². The Bertz CT molecular complexity index is 1440. The molecule has 0 spiro atoms. The fourth-order valence-electron chi connectivity index (χ4n) is 3.54. The minimum Gasteiger partial charge on any atom is -0.338 e. The zero-order valence-electron chi connectivity index (χ0n) is 15.1. The number of aromatic nitrogens is 8. The maximum atomic E-state index is 4.80. The molecular formula is C21H14N8. The third-order valence-corrected chi connectivity index (χ3v) is 4.93. The second kappa shape index (κ2) is 6.10. The SMILES string of the molecule is c1ccc(-c2ccnc3[nH]c(-c4n[nH]c5ccc(-c6cn[nH]c6)nc45)cc23)nc1. The summed E-state index contributed by atoms with van der Waals surface area (Å²) in [6.07, 6.45) is 7.14. The first kappa shape index (κ1) is 15.7. The van der Waals surface area contributed by atoms with Crippen LogP contribution in [0.2, 0.25) is 0 Å². The Morgan fingerprint density at radius 2 is 1.90 bits per heavy atom. The van der Waals surface area contributed by atoms with Gasteiger partial charge in [-0.1, -0.05) is 6.07 Å². The predicted molar refractivity (Wildman–Crippen MR) is 110 cm³/mol. The highest BCUT2D eigenvalue weighted by Gasteiger charge is 2.16. The normalized spacial score (nSPS) is 11.4. The molecule has 0 unspecified atom stereocenters. The van der Waals surface area contributed by atoms with E-state index in [-0.39, 0.29) is 0 Å². The van der Waals surface area contributed by atoms with Crippen molar-refractivity contribution in [3.8, 4) is 33.9 Å². The molecule has 0 aromatic carbocycles. The summed E-state index contributed by atoms with van der Waals surface area (Å²) in [6.45, 7) is 0. The zero-order chi connectivity index (χ0) is 19.2. The van der Waals surface area contributed by atoms with Crippen LogP contribution in [-0.2, 0) is 0 Å². The Balaban J connectivity index is 1.54. The second-order valence-corrected chi connectivity index (χ2v) is 6.67. The van der Waals surface area contributed by atoms with Gasteiger partial charge in [-0.05, 0) is 36.4 Å². The van der Waals surface area contributed by atoms with Gasteiger partial charge in [-0.25, -0.2) is 9.97 Å². The summed E-state index contributed by atoms with van der Waals surface area (Å²) in [6, 6.07) is 13.8. The molecule has 138 valence electrons. The third-order valence-electron chi connectivity index (χ3n) is 4.93. The van der Waals surface area contributed by atoms with Crippen molar-refractivity contribution in [3.05, 3.63) is 67.3 Å². The first-order chi connectivity index (χ1) is 14.4. The van der Waals surface area contributed by atoms with E-state index in [0.29, 0.717) is 0 Å². The Kier molecular flexibility index (Phi) is 3.30. The van der Waals surface area contributed by atoms with Gasteiger partial charge in [0.15, 0.2) is 0 Å². The summed E-state index contributed by atoms with van der Waals surface area (Å²) in [7, 11) is 0. The lowest BCUT2D eigenvalue weighted by atomic mass is 10.1. The van der Waals surface area contributed by atoms with Crippen LogP contribution in [-0.4, -0.2) is 40.3 Å². The zero-order valence-corrected chi connectivity index (χ0v) is 15.1. The maximum Gasteiger partial charge on any atom is 0.138 e. The Hall–Kier alpha value is -4.33. The maximum absolute atomic E-state index is 4.80. The molecule has 8 nitrogen and oxygen atoms in total. The highest BCUT2D eigenvalue weighted by atomic mass is 15.1. The average Bonchev–Trinajstić information content (AvgIpc) is 3.52. The van der Waals surface area contributed by atoms with Gasteiger partial charge in [0, 0.05) is 35.1 Å². The van der Waals surface area contributed by atoms with Crippen LogP contribution >= 0.6 is 0 Å². The van der Waals surface area contributed by atoms with E-state index in [1.807, 2.05) is 48.7 Å². The van der Waals surface area contributed by atoms with Gasteiger partial charge in [0.2, 0.25) is 0 Å². The topological polar surface area (TPSA) is 112 Å². The van der Waals surface area contributed by atoms with E-state index in [2.05, 4.69) is 35.3 Å². The van der Waals surface area contributed by atoms with Gasteiger partial charge >= 0.3 is 0 Å². The number of nitrogens with zero attached hydrogens (tertiary/aromatic N) is 5. The lowest BCUT2D eigenvalue weighted by Gasteiger charge is -2.00. The van der Waals surface area contributed by atoms with E-state index < -0.39 is 0 Å². The quantitative estimate of drug-likeness (QED) is 0.432. The van der Waals surface area contributed by atoms with Crippen LogP contribution in [0.15, 0.2) is 67.3 Å². The lowest BCUT2D eigenvalue weighted by Crippen LogP contribution is -1.85. The Labute approximate surface area is 164 Å². The monoisotopic (exact) mass is 378 g/mol.